The van der Waals surface area contributed by atoms with Gasteiger partial charge in [0, 0.05) is 17.6 Å². The molecule has 4 rings (SSSR count). The Morgan fingerprint density at radius 3 is 2.66 bits per heavy atom. The molecule has 1 atom stereocenters. The lowest BCUT2D eigenvalue weighted by Crippen LogP contribution is -2.38. The summed E-state index contributed by atoms with van der Waals surface area (Å²) in [7, 11) is -3.93. The van der Waals surface area contributed by atoms with Gasteiger partial charge < -0.3 is 9.64 Å². The summed E-state index contributed by atoms with van der Waals surface area (Å²) in [5.74, 6) is 0.230. The largest absolute Gasteiger partial charge is 0.489 e. The van der Waals surface area contributed by atoms with Gasteiger partial charge in [-0.3, -0.25) is 4.72 Å². The molecule has 0 aliphatic carbocycles. The van der Waals surface area contributed by atoms with E-state index in [1.807, 2.05) is 6.07 Å². The monoisotopic (exact) mass is 480 g/mol. The van der Waals surface area contributed by atoms with Gasteiger partial charge in [-0.1, -0.05) is 0 Å². The SMILES string of the molecule is C[C@@H]1COc2cc(S(=O)(=O)Nc3nccs3)ccc2N1c1ccc(C(F)(F)F)cc1C#N. The van der Waals surface area contributed by atoms with Crippen LogP contribution in [0.1, 0.15) is 18.1 Å². The maximum Gasteiger partial charge on any atom is 0.416 e. The second-order valence-corrected chi connectivity index (χ2v) is 9.52. The topological polar surface area (TPSA) is 95.3 Å². The maximum atomic E-state index is 13.1. The van der Waals surface area contributed by atoms with Gasteiger partial charge in [-0.2, -0.15) is 18.4 Å². The lowest BCUT2D eigenvalue weighted by Gasteiger charge is -2.37. The van der Waals surface area contributed by atoms with Gasteiger partial charge in [0.15, 0.2) is 5.13 Å². The minimum absolute atomic E-state index is 0.0612. The molecule has 0 spiro atoms. The Hall–Kier alpha value is -3.30. The average molecular weight is 480 g/mol. The third-order valence-electron chi connectivity index (χ3n) is 4.78. The fourth-order valence-electron chi connectivity index (χ4n) is 3.33. The van der Waals surface area contributed by atoms with Crippen molar-refractivity contribution < 1.29 is 26.3 Å². The highest BCUT2D eigenvalue weighted by molar-refractivity contribution is 7.93. The Bertz CT molecular complexity index is 1300. The van der Waals surface area contributed by atoms with Crippen molar-refractivity contribution in [1.82, 2.24) is 4.98 Å². The van der Waals surface area contributed by atoms with Gasteiger partial charge in [-0.25, -0.2) is 13.4 Å². The van der Waals surface area contributed by atoms with Gasteiger partial charge >= 0.3 is 6.18 Å². The molecule has 2 aromatic carbocycles. The summed E-state index contributed by atoms with van der Waals surface area (Å²) >= 11 is 1.13. The quantitative estimate of drug-likeness (QED) is 0.579. The molecule has 7 nitrogen and oxygen atoms in total. The number of nitriles is 1. The standard InChI is InChI=1S/C20H15F3N4O3S2/c1-12-11-30-18-9-15(32(28,29)26-19-25-6-7-31-19)3-5-17(18)27(12)16-4-2-14(20(21,22)23)8-13(16)10-24/h2-9,12H,11H2,1H3,(H,25,26)/t12-/m1/s1. The Kier molecular flexibility index (Phi) is 5.47. The highest BCUT2D eigenvalue weighted by Crippen LogP contribution is 2.42. The van der Waals surface area contributed by atoms with Gasteiger partial charge in [-0.15, -0.1) is 11.3 Å². The normalized spacial score (nSPS) is 16.1. The second kappa shape index (κ2) is 7.99. The first-order chi connectivity index (χ1) is 15.1. The van der Waals surface area contributed by atoms with Gasteiger partial charge in [0.1, 0.15) is 18.4 Å². The Labute approximate surface area is 185 Å². The Morgan fingerprint density at radius 1 is 1.25 bits per heavy atom. The smallest absolute Gasteiger partial charge is 0.416 e. The molecule has 0 saturated carbocycles. The van der Waals surface area contributed by atoms with Crippen molar-refractivity contribution in [3.8, 4) is 11.8 Å². The van der Waals surface area contributed by atoms with Gasteiger partial charge in [0.25, 0.3) is 10.0 Å². The van der Waals surface area contributed by atoms with Crippen LogP contribution in [0.4, 0.5) is 29.7 Å². The second-order valence-electron chi connectivity index (χ2n) is 6.94. The van der Waals surface area contributed by atoms with E-state index in [0.29, 0.717) is 5.69 Å². The van der Waals surface area contributed by atoms with Crippen LogP contribution in [0.3, 0.4) is 0 Å². The molecule has 0 saturated heterocycles. The van der Waals surface area contributed by atoms with Crippen molar-refractivity contribution in [2.45, 2.75) is 24.0 Å². The van der Waals surface area contributed by atoms with Crippen LogP contribution >= 0.6 is 11.3 Å². The average Bonchev–Trinajstić information content (AvgIpc) is 3.24. The van der Waals surface area contributed by atoms with Crippen LogP contribution in [0, 0.1) is 11.3 Å². The molecule has 32 heavy (non-hydrogen) atoms. The number of halogens is 3. The van der Waals surface area contributed by atoms with Crippen molar-refractivity contribution in [1.29, 1.82) is 5.26 Å². The number of thiazole rings is 1. The van der Waals surface area contributed by atoms with E-state index in [1.54, 1.807) is 17.2 Å². The summed E-state index contributed by atoms with van der Waals surface area (Å²) in [5.41, 5.74) is -0.363. The number of benzene rings is 2. The summed E-state index contributed by atoms with van der Waals surface area (Å²) in [6.45, 7) is 1.93. The molecule has 0 unspecified atom stereocenters. The number of ether oxygens (including phenoxy) is 1. The van der Waals surface area contributed by atoms with Gasteiger partial charge in [0.2, 0.25) is 0 Å². The van der Waals surface area contributed by atoms with E-state index in [2.05, 4.69) is 9.71 Å². The summed E-state index contributed by atoms with van der Waals surface area (Å²) in [5, 5.41) is 11.3. The van der Waals surface area contributed by atoms with E-state index in [0.717, 1.165) is 23.5 Å². The number of alkyl halides is 3. The van der Waals surface area contributed by atoms with Crippen molar-refractivity contribution in [3.05, 3.63) is 59.1 Å². The summed E-state index contributed by atoms with van der Waals surface area (Å²) in [6.07, 6.45) is -3.11. The predicted molar refractivity (Wildman–Crippen MR) is 113 cm³/mol. The van der Waals surface area contributed by atoms with Crippen LogP contribution in [0.25, 0.3) is 0 Å². The van der Waals surface area contributed by atoms with E-state index in [9.17, 15) is 26.9 Å². The third-order valence-corrected chi connectivity index (χ3v) is 6.93. The summed E-state index contributed by atoms with van der Waals surface area (Å²) in [4.78, 5) is 5.51. The van der Waals surface area contributed by atoms with Crippen LogP contribution < -0.4 is 14.4 Å². The molecule has 1 aromatic heterocycles. The molecule has 0 fully saturated rings. The summed E-state index contributed by atoms with van der Waals surface area (Å²) < 4.78 is 72.6. The van der Waals surface area contributed by atoms with Gasteiger partial charge in [0.05, 0.1) is 33.4 Å². The molecule has 2 heterocycles. The van der Waals surface area contributed by atoms with E-state index in [-0.39, 0.29) is 39.7 Å². The van der Waals surface area contributed by atoms with Crippen LogP contribution in [0.2, 0.25) is 0 Å². The number of nitrogens with one attached hydrogen (secondary N) is 1. The molecular formula is C20H15F3N4O3S2. The number of aromatic nitrogens is 1. The van der Waals surface area contributed by atoms with E-state index >= 15 is 0 Å². The number of hydrogen-bond donors (Lipinski definition) is 1. The minimum Gasteiger partial charge on any atom is -0.489 e. The van der Waals surface area contributed by atoms with Crippen LogP contribution in [0.5, 0.6) is 5.75 Å². The Balaban J connectivity index is 1.75. The highest BCUT2D eigenvalue weighted by Gasteiger charge is 2.33. The number of sulfonamides is 1. The molecule has 166 valence electrons. The van der Waals surface area contributed by atoms with Crippen molar-refractivity contribution in [2.75, 3.05) is 16.2 Å². The molecule has 12 heteroatoms. The van der Waals surface area contributed by atoms with E-state index < -0.39 is 21.8 Å². The fourth-order valence-corrected chi connectivity index (χ4v) is 5.13. The molecule has 0 radical (unpaired) electrons. The molecule has 1 aliphatic rings. The zero-order valence-electron chi connectivity index (χ0n) is 16.4. The number of rotatable bonds is 4. The van der Waals surface area contributed by atoms with Crippen LogP contribution in [-0.2, 0) is 16.2 Å². The molecule has 1 aliphatic heterocycles. The molecule has 3 aromatic rings. The van der Waals surface area contributed by atoms with Crippen LogP contribution in [-0.4, -0.2) is 26.1 Å². The summed E-state index contributed by atoms with van der Waals surface area (Å²) in [6, 6.07) is 8.65. The Morgan fingerprint density at radius 2 is 2.00 bits per heavy atom. The molecule has 0 bridgehead atoms. The number of fused-ring (bicyclic) bond motifs is 1. The first-order valence-electron chi connectivity index (χ1n) is 9.20. The zero-order valence-corrected chi connectivity index (χ0v) is 18.1. The van der Waals surface area contributed by atoms with Crippen LogP contribution in [0.15, 0.2) is 52.9 Å². The minimum atomic E-state index is -4.58. The third kappa shape index (κ3) is 4.09. The first-order valence-corrected chi connectivity index (χ1v) is 11.6. The lowest BCUT2D eigenvalue weighted by atomic mass is 10.0. The van der Waals surface area contributed by atoms with Crippen molar-refractivity contribution in [3.63, 3.8) is 0 Å². The first kappa shape index (κ1) is 21.9. The molecule has 1 N–H and O–H groups in total. The van der Waals surface area contributed by atoms with E-state index in [1.165, 1.54) is 30.5 Å². The number of hydrogen-bond acceptors (Lipinski definition) is 7. The van der Waals surface area contributed by atoms with Crippen molar-refractivity contribution in [2.24, 2.45) is 0 Å². The maximum absolute atomic E-state index is 13.1. The predicted octanol–water partition coefficient (Wildman–Crippen LogP) is 4.75. The molecular weight excluding hydrogens is 465 g/mol. The van der Waals surface area contributed by atoms with Crippen molar-refractivity contribution >= 4 is 37.9 Å². The number of nitrogens with zero attached hydrogens (tertiary/aromatic N) is 3. The zero-order chi connectivity index (χ0) is 23.1. The fraction of sp³-hybridized carbons (Fsp3) is 0.200. The lowest BCUT2D eigenvalue weighted by molar-refractivity contribution is -0.137. The number of anilines is 3. The highest BCUT2D eigenvalue weighted by atomic mass is 32.2. The van der Waals surface area contributed by atoms with Gasteiger partial charge in [-0.05, 0) is 37.3 Å². The van der Waals surface area contributed by atoms with E-state index in [4.69, 9.17) is 4.74 Å². The molecule has 0 amide bonds.